The van der Waals surface area contributed by atoms with Gasteiger partial charge in [-0.25, -0.2) is 0 Å². The summed E-state index contributed by atoms with van der Waals surface area (Å²) < 4.78 is 6.73. The van der Waals surface area contributed by atoms with Crippen molar-refractivity contribution < 1.29 is 9.53 Å². The highest BCUT2D eigenvalue weighted by Gasteiger charge is 2.18. The van der Waals surface area contributed by atoms with E-state index >= 15 is 0 Å². The smallest absolute Gasteiger partial charge is 0.137 e. The minimum absolute atomic E-state index is 0.335. The maximum atomic E-state index is 12.1. The van der Waals surface area contributed by atoms with Crippen LogP contribution in [0.15, 0.2) is 16.6 Å². The van der Waals surface area contributed by atoms with E-state index in [2.05, 4.69) is 28.9 Å². The molecule has 0 aliphatic carbocycles. The molecule has 21 heavy (non-hydrogen) atoms. The lowest BCUT2D eigenvalue weighted by Crippen LogP contribution is -2.04. The summed E-state index contributed by atoms with van der Waals surface area (Å²) in [5.41, 5.74) is 2.28. The molecule has 116 valence electrons. The fraction of sp³-hybridized carbons (Fsp3) is 0.611. The Morgan fingerprint density at radius 1 is 1.19 bits per heavy atom. The molecular formula is C18H25BrO2. The number of carbonyl (C=O) groups excluding carboxylic acids is 1. The molecule has 1 aliphatic rings. The zero-order valence-corrected chi connectivity index (χ0v) is 14.5. The average Bonchev–Trinajstić information content (AvgIpc) is 2.91. The molecule has 0 amide bonds. The van der Waals surface area contributed by atoms with Crippen molar-refractivity contribution in [2.24, 2.45) is 0 Å². The molecule has 0 bridgehead atoms. The van der Waals surface area contributed by atoms with Gasteiger partial charge in [-0.1, -0.05) is 55.0 Å². The van der Waals surface area contributed by atoms with Gasteiger partial charge in [-0.3, -0.25) is 4.79 Å². The fourth-order valence-electron chi connectivity index (χ4n) is 2.88. The van der Waals surface area contributed by atoms with Gasteiger partial charge in [0.25, 0.3) is 0 Å². The molecule has 0 atom stereocenters. The van der Waals surface area contributed by atoms with Gasteiger partial charge in [-0.05, 0) is 24.1 Å². The Balaban J connectivity index is 1.78. The minimum atomic E-state index is 0.335. The molecule has 0 radical (unpaired) electrons. The Morgan fingerprint density at radius 2 is 1.95 bits per heavy atom. The first kappa shape index (κ1) is 16.5. The highest BCUT2D eigenvalue weighted by molar-refractivity contribution is 9.10. The maximum absolute atomic E-state index is 12.1. The van der Waals surface area contributed by atoms with Gasteiger partial charge in [0.05, 0.1) is 6.61 Å². The molecule has 0 aromatic heterocycles. The first-order chi connectivity index (χ1) is 10.2. The van der Waals surface area contributed by atoms with E-state index in [1.54, 1.807) is 0 Å². The lowest BCUT2D eigenvalue weighted by molar-refractivity contribution is -0.118. The summed E-state index contributed by atoms with van der Waals surface area (Å²) in [5.74, 6) is 1.29. The van der Waals surface area contributed by atoms with Crippen LogP contribution in [-0.4, -0.2) is 12.4 Å². The zero-order valence-electron chi connectivity index (χ0n) is 12.9. The Labute approximate surface area is 136 Å². The summed E-state index contributed by atoms with van der Waals surface area (Å²) in [6.07, 6.45) is 9.52. The van der Waals surface area contributed by atoms with Crippen molar-refractivity contribution >= 4 is 21.7 Å². The summed E-state index contributed by atoms with van der Waals surface area (Å²) in [6.45, 7) is 2.96. The maximum Gasteiger partial charge on any atom is 0.137 e. The number of halogens is 1. The van der Waals surface area contributed by atoms with Crippen LogP contribution in [0.5, 0.6) is 5.75 Å². The normalized spacial score (nSPS) is 13.0. The van der Waals surface area contributed by atoms with Crippen molar-refractivity contribution in [1.29, 1.82) is 0 Å². The molecule has 0 fully saturated rings. The lowest BCUT2D eigenvalue weighted by atomic mass is 10.0. The van der Waals surface area contributed by atoms with E-state index in [1.807, 2.05) is 6.07 Å². The number of hydrogen-bond donors (Lipinski definition) is 0. The van der Waals surface area contributed by atoms with Crippen molar-refractivity contribution in [2.75, 3.05) is 6.61 Å². The third-order valence-corrected chi connectivity index (χ3v) is 4.48. The Hall–Kier alpha value is -0.830. The highest BCUT2D eigenvalue weighted by Crippen LogP contribution is 2.33. The molecule has 0 spiro atoms. The minimum Gasteiger partial charge on any atom is -0.493 e. The molecule has 0 unspecified atom stereocenters. The fourth-order valence-corrected chi connectivity index (χ4v) is 3.43. The molecule has 0 saturated heterocycles. The summed E-state index contributed by atoms with van der Waals surface area (Å²) in [5, 5.41) is 0. The third-order valence-electron chi connectivity index (χ3n) is 4.02. The molecular weight excluding hydrogens is 328 g/mol. The van der Waals surface area contributed by atoms with Crippen LogP contribution in [0.1, 0.15) is 63.0 Å². The van der Waals surface area contributed by atoms with E-state index in [0.717, 1.165) is 35.2 Å². The highest BCUT2D eigenvalue weighted by atomic mass is 79.9. The second-order valence-electron chi connectivity index (χ2n) is 5.88. The average molecular weight is 353 g/mol. The van der Waals surface area contributed by atoms with Crippen LogP contribution in [0.25, 0.3) is 0 Å². The Morgan fingerprint density at radius 3 is 2.76 bits per heavy atom. The van der Waals surface area contributed by atoms with Gasteiger partial charge in [-0.15, -0.1) is 0 Å². The lowest BCUT2D eigenvalue weighted by Gasteiger charge is -2.08. The monoisotopic (exact) mass is 352 g/mol. The molecule has 1 aromatic rings. The van der Waals surface area contributed by atoms with E-state index in [-0.39, 0.29) is 0 Å². The number of hydrogen-bond acceptors (Lipinski definition) is 2. The zero-order chi connectivity index (χ0) is 15.1. The van der Waals surface area contributed by atoms with Gasteiger partial charge < -0.3 is 4.74 Å². The van der Waals surface area contributed by atoms with E-state index in [4.69, 9.17) is 4.74 Å². The molecule has 0 N–H and O–H groups in total. The SMILES string of the molecule is CCCCCCCCC(=O)Cc1cc(Br)cc2c1OCC2. The molecule has 2 rings (SSSR count). The Bertz CT molecular complexity index is 482. The van der Waals surface area contributed by atoms with E-state index in [1.165, 1.54) is 37.7 Å². The summed E-state index contributed by atoms with van der Waals surface area (Å²) in [7, 11) is 0. The van der Waals surface area contributed by atoms with Crippen LogP contribution < -0.4 is 4.74 Å². The van der Waals surface area contributed by atoms with Gasteiger partial charge in [0.15, 0.2) is 0 Å². The van der Waals surface area contributed by atoms with Gasteiger partial charge in [0, 0.05) is 29.3 Å². The van der Waals surface area contributed by atoms with E-state index in [0.29, 0.717) is 18.6 Å². The van der Waals surface area contributed by atoms with Crippen molar-refractivity contribution in [3.63, 3.8) is 0 Å². The van der Waals surface area contributed by atoms with Crippen LogP contribution in [0.3, 0.4) is 0 Å². The van der Waals surface area contributed by atoms with Crippen LogP contribution in [0.2, 0.25) is 0 Å². The second-order valence-corrected chi connectivity index (χ2v) is 6.80. The van der Waals surface area contributed by atoms with Crippen molar-refractivity contribution in [3.8, 4) is 5.75 Å². The number of benzene rings is 1. The number of Topliss-reactive ketones (excluding diaryl/α,β-unsaturated/α-hetero) is 1. The molecule has 2 nitrogen and oxygen atoms in total. The molecule has 1 aromatic carbocycles. The number of unbranched alkanes of at least 4 members (excludes halogenated alkanes) is 5. The number of fused-ring (bicyclic) bond motifs is 1. The Kier molecular flexibility index (Phi) is 6.75. The standard InChI is InChI=1S/C18H25BrO2/c1-2-3-4-5-6-7-8-17(20)13-15-12-16(19)11-14-9-10-21-18(14)15/h11-12H,2-10,13H2,1H3. The predicted molar refractivity (Wildman–Crippen MR) is 90.0 cm³/mol. The number of rotatable bonds is 9. The van der Waals surface area contributed by atoms with Crippen LogP contribution in [0, 0.1) is 0 Å². The third kappa shape index (κ3) is 5.14. The first-order valence-corrected chi connectivity index (χ1v) is 8.95. The molecule has 0 saturated carbocycles. The van der Waals surface area contributed by atoms with Gasteiger partial charge >= 0.3 is 0 Å². The van der Waals surface area contributed by atoms with Crippen LogP contribution in [0.4, 0.5) is 0 Å². The van der Waals surface area contributed by atoms with Gasteiger partial charge in [0.2, 0.25) is 0 Å². The van der Waals surface area contributed by atoms with Crippen LogP contribution >= 0.6 is 15.9 Å². The quantitative estimate of drug-likeness (QED) is 0.567. The molecule has 1 aliphatic heterocycles. The summed E-state index contributed by atoms with van der Waals surface area (Å²) in [6, 6.07) is 4.13. The molecule has 3 heteroatoms. The number of ketones is 1. The summed E-state index contributed by atoms with van der Waals surface area (Å²) >= 11 is 3.53. The number of ether oxygens (including phenoxy) is 1. The van der Waals surface area contributed by atoms with Crippen LogP contribution in [-0.2, 0) is 17.6 Å². The molecule has 1 heterocycles. The second kappa shape index (κ2) is 8.57. The van der Waals surface area contributed by atoms with E-state index < -0.39 is 0 Å². The topological polar surface area (TPSA) is 26.3 Å². The van der Waals surface area contributed by atoms with Gasteiger partial charge in [0.1, 0.15) is 11.5 Å². The first-order valence-electron chi connectivity index (χ1n) is 8.16. The van der Waals surface area contributed by atoms with Crippen molar-refractivity contribution in [3.05, 3.63) is 27.7 Å². The number of carbonyl (C=O) groups is 1. The van der Waals surface area contributed by atoms with Gasteiger partial charge in [-0.2, -0.15) is 0 Å². The van der Waals surface area contributed by atoms with Crippen molar-refractivity contribution in [1.82, 2.24) is 0 Å². The van der Waals surface area contributed by atoms with E-state index in [9.17, 15) is 4.79 Å². The van der Waals surface area contributed by atoms with Crippen molar-refractivity contribution in [2.45, 2.75) is 64.7 Å². The summed E-state index contributed by atoms with van der Waals surface area (Å²) in [4.78, 5) is 12.1. The largest absolute Gasteiger partial charge is 0.493 e. The predicted octanol–water partition coefficient (Wildman–Crippen LogP) is 5.25.